The number of anilines is 1. The highest BCUT2D eigenvalue weighted by molar-refractivity contribution is 9.10. The Bertz CT molecular complexity index is 753. The minimum atomic E-state index is 0.352. The average Bonchev–Trinajstić information content (AvgIpc) is 2.61. The van der Waals surface area contributed by atoms with Crippen molar-refractivity contribution in [3.05, 3.63) is 29.0 Å². The molecule has 140 valence electrons. The van der Waals surface area contributed by atoms with Gasteiger partial charge >= 0.3 is 0 Å². The van der Waals surface area contributed by atoms with Gasteiger partial charge in [-0.25, -0.2) is 9.97 Å². The molecule has 0 spiro atoms. The largest absolute Gasteiger partial charge is 0.373 e. The van der Waals surface area contributed by atoms with E-state index in [0.29, 0.717) is 12.2 Å². The molecule has 2 saturated heterocycles. The maximum atomic E-state index is 5.86. The molecule has 0 amide bonds. The lowest BCUT2D eigenvalue weighted by Crippen LogP contribution is -2.48. The first-order chi connectivity index (χ1) is 12.6. The van der Waals surface area contributed by atoms with Crippen LogP contribution >= 0.6 is 15.9 Å². The van der Waals surface area contributed by atoms with Crippen LogP contribution in [0.4, 0.5) is 5.82 Å². The van der Waals surface area contributed by atoms with E-state index in [1.54, 1.807) is 6.33 Å². The number of nitrogens with zero attached hydrogens (tertiary/aromatic N) is 4. The van der Waals surface area contributed by atoms with E-state index in [9.17, 15) is 0 Å². The third-order valence-electron chi connectivity index (χ3n) is 5.50. The van der Waals surface area contributed by atoms with Crippen molar-refractivity contribution in [3.8, 4) is 0 Å². The van der Waals surface area contributed by atoms with Gasteiger partial charge < -0.3 is 9.64 Å². The molecule has 2 atom stereocenters. The fraction of sp³-hybridized carbons (Fsp3) is 0.600. The van der Waals surface area contributed by atoms with Crippen molar-refractivity contribution in [2.45, 2.75) is 38.9 Å². The number of hydrogen-bond acceptors (Lipinski definition) is 5. The summed E-state index contributed by atoms with van der Waals surface area (Å²) in [7, 11) is 0. The van der Waals surface area contributed by atoms with Crippen molar-refractivity contribution in [2.75, 3.05) is 37.6 Å². The quantitative estimate of drug-likeness (QED) is 0.759. The Morgan fingerprint density at radius 2 is 1.85 bits per heavy atom. The lowest BCUT2D eigenvalue weighted by Gasteiger charge is -2.39. The van der Waals surface area contributed by atoms with E-state index >= 15 is 0 Å². The molecule has 0 radical (unpaired) electrons. The third-order valence-corrected chi connectivity index (χ3v) is 6.00. The van der Waals surface area contributed by atoms with Gasteiger partial charge in [-0.05, 0) is 50.8 Å². The number of morpholine rings is 1. The fourth-order valence-electron chi connectivity index (χ4n) is 4.39. The first-order valence-corrected chi connectivity index (χ1v) is 10.4. The minimum Gasteiger partial charge on any atom is -0.373 e. The summed E-state index contributed by atoms with van der Waals surface area (Å²) in [6.07, 6.45) is 4.84. The van der Waals surface area contributed by atoms with E-state index in [1.165, 1.54) is 19.4 Å². The van der Waals surface area contributed by atoms with Crippen LogP contribution in [0, 0.1) is 5.92 Å². The van der Waals surface area contributed by atoms with Gasteiger partial charge in [0.2, 0.25) is 0 Å². The molecule has 0 aliphatic carbocycles. The maximum Gasteiger partial charge on any atom is 0.139 e. The normalized spacial score (nSPS) is 25.7. The van der Waals surface area contributed by atoms with E-state index in [4.69, 9.17) is 4.74 Å². The Kier molecular flexibility index (Phi) is 5.43. The second-order valence-electron chi connectivity index (χ2n) is 7.77. The monoisotopic (exact) mass is 418 g/mol. The zero-order chi connectivity index (χ0) is 18.1. The van der Waals surface area contributed by atoms with Gasteiger partial charge in [-0.3, -0.25) is 4.90 Å². The lowest BCUT2D eigenvalue weighted by atomic mass is 9.95. The third kappa shape index (κ3) is 4.02. The average molecular weight is 419 g/mol. The van der Waals surface area contributed by atoms with Crippen LogP contribution in [0.5, 0.6) is 0 Å². The highest BCUT2D eigenvalue weighted by Gasteiger charge is 2.27. The van der Waals surface area contributed by atoms with Crippen molar-refractivity contribution in [3.63, 3.8) is 0 Å². The standard InChI is InChI=1S/C20H27BrN4O/c1-14-10-24(11-15(2)26-14)12-16-5-7-25(8-6-16)20-18-9-17(21)3-4-19(18)22-13-23-20/h3-4,9,13-16H,5-8,10-12H2,1-2H3. The number of benzene rings is 1. The van der Waals surface area contributed by atoms with Crippen molar-refractivity contribution < 1.29 is 4.74 Å². The number of fused-ring (bicyclic) bond motifs is 1. The summed E-state index contributed by atoms with van der Waals surface area (Å²) >= 11 is 3.58. The van der Waals surface area contributed by atoms with Crippen molar-refractivity contribution in [1.29, 1.82) is 0 Å². The first kappa shape index (κ1) is 18.1. The van der Waals surface area contributed by atoms with Crippen LogP contribution in [0.1, 0.15) is 26.7 Å². The molecule has 2 aliphatic heterocycles. The van der Waals surface area contributed by atoms with Gasteiger partial charge in [0.1, 0.15) is 12.1 Å². The highest BCUT2D eigenvalue weighted by Crippen LogP contribution is 2.29. The molecule has 0 bridgehead atoms. The number of rotatable bonds is 3. The van der Waals surface area contributed by atoms with Crippen LogP contribution in [0.2, 0.25) is 0 Å². The van der Waals surface area contributed by atoms with E-state index in [2.05, 4.69) is 61.7 Å². The fourth-order valence-corrected chi connectivity index (χ4v) is 4.75. The predicted octanol–water partition coefficient (Wildman–Crippen LogP) is 3.72. The smallest absolute Gasteiger partial charge is 0.139 e. The van der Waals surface area contributed by atoms with Gasteiger partial charge in [0.05, 0.1) is 17.7 Å². The van der Waals surface area contributed by atoms with Gasteiger partial charge in [-0.1, -0.05) is 15.9 Å². The maximum absolute atomic E-state index is 5.86. The number of aromatic nitrogens is 2. The molecule has 2 aliphatic rings. The molecule has 3 heterocycles. The molecular weight excluding hydrogens is 392 g/mol. The van der Waals surface area contributed by atoms with E-state index in [1.807, 2.05) is 6.07 Å². The predicted molar refractivity (Wildman–Crippen MR) is 109 cm³/mol. The summed E-state index contributed by atoms with van der Waals surface area (Å²) in [5.74, 6) is 1.84. The molecule has 5 nitrogen and oxygen atoms in total. The molecule has 2 aromatic rings. The Morgan fingerprint density at radius 1 is 1.12 bits per heavy atom. The zero-order valence-electron chi connectivity index (χ0n) is 15.6. The molecule has 4 rings (SSSR count). The second kappa shape index (κ2) is 7.79. The van der Waals surface area contributed by atoms with Crippen LogP contribution in [-0.2, 0) is 4.74 Å². The summed E-state index contributed by atoms with van der Waals surface area (Å²) < 4.78 is 6.94. The van der Waals surface area contributed by atoms with Crippen molar-refractivity contribution in [1.82, 2.24) is 14.9 Å². The summed E-state index contributed by atoms with van der Waals surface area (Å²) in [5.41, 5.74) is 1.01. The van der Waals surface area contributed by atoms with Gasteiger partial charge in [0, 0.05) is 42.6 Å². The molecule has 26 heavy (non-hydrogen) atoms. The molecule has 2 fully saturated rings. The van der Waals surface area contributed by atoms with Gasteiger partial charge in [-0.15, -0.1) is 0 Å². The Balaban J connectivity index is 1.40. The first-order valence-electron chi connectivity index (χ1n) is 9.61. The highest BCUT2D eigenvalue weighted by atomic mass is 79.9. The van der Waals surface area contributed by atoms with Gasteiger partial charge in [0.15, 0.2) is 0 Å². The Hall–Kier alpha value is -1.24. The van der Waals surface area contributed by atoms with E-state index in [0.717, 1.165) is 53.3 Å². The minimum absolute atomic E-state index is 0.352. The van der Waals surface area contributed by atoms with E-state index < -0.39 is 0 Å². The second-order valence-corrected chi connectivity index (χ2v) is 8.68. The molecule has 1 aromatic heterocycles. The topological polar surface area (TPSA) is 41.5 Å². The van der Waals surface area contributed by atoms with Crippen LogP contribution < -0.4 is 4.90 Å². The number of halogens is 1. The number of hydrogen-bond donors (Lipinski definition) is 0. The lowest BCUT2D eigenvalue weighted by molar-refractivity contribution is -0.0720. The Labute approximate surface area is 163 Å². The number of piperidine rings is 1. The van der Waals surface area contributed by atoms with Crippen molar-refractivity contribution in [2.24, 2.45) is 5.92 Å². The summed E-state index contributed by atoms with van der Waals surface area (Å²) in [5, 5.41) is 1.14. The van der Waals surface area contributed by atoms with Crippen molar-refractivity contribution >= 4 is 32.7 Å². The van der Waals surface area contributed by atoms with Crippen LogP contribution in [-0.4, -0.2) is 59.8 Å². The van der Waals surface area contributed by atoms with Crippen LogP contribution in [0.25, 0.3) is 10.9 Å². The van der Waals surface area contributed by atoms with Crippen LogP contribution in [0.15, 0.2) is 29.0 Å². The molecule has 1 aromatic carbocycles. The summed E-state index contributed by atoms with van der Waals surface area (Å²) in [4.78, 5) is 14.0. The molecule has 0 saturated carbocycles. The number of ether oxygens (including phenoxy) is 1. The molecule has 6 heteroatoms. The molecule has 0 N–H and O–H groups in total. The summed E-state index contributed by atoms with van der Waals surface area (Å²) in [6.45, 7) is 9.83. The Morgan fingerprint density at radius 3 is 2.58 bits per heavy atom. The van der Waals surface area contributed by atoms with Gasteiger partial charge in [0.25, 0.3) is 0 Å². The summed E-state index contributed by atoms with van der Waals surface area (Å²) in [6, 6.07) is 6.22. The van der Waals surface area contributed by atoms with E-state index in [-0.39, 0.29) is 0 Å². The SMILES string of the molecule is CC1CN(CC2CCN(c3ncnc4ccc(Br)cc34)CC2)CC(C)O1. The molecule has 2 unspecified atom stereocenters. The zero-order valence-corrected chi connectivity index (χ0v) is 17.2. The molecular formula is C20H27BrN4O. The van der Waals surface area contributed by atoms with Crippen LogP contribution in [0.3, 0.4) is 0 Å². The van der Waals surface area contributed by atoms with Gasteiger partial charge in [-0.2, -0.15) is 0 Å².